The number of anilines is 1. The largest absolute Gasteiger partial charge is 0.478 e. The molecule has 1 amide bonds. The van der Waals surface area contributed by atoms with Crippen LogP contribution in [0.3, 0.4) is 0 Å². The van der Waals surface area contributed by atoms with Crippen LogP contribution in [0.5, 0.6) is 0 Å². The Kier molecular flexibility index (Phi) is 2.95. The quantitative estimate of drug-likeness (QED) is 0.808. The molecule has 1 aliphatic heterocycles. The van der Waals surface area contributed by atoms with E-state index in [0.29, 0.717) is 6.54 Å². The molecule has 88 valence electrons. The van der Waals surface area contributed by atoms with Crippen LogP contribution in [-0.4, -0.2) is 23.5 Å². The molecule has 1 aromatic carbocycles. The van der Waals surface area contributed by atoms with Gasteiger partial charge in [0.25, 0.3) is 0 Å². The van der Waals surface area contributed by atoms with E-state index in [1.54, 1.807) is 29.2 Å². The number of carbonyl (C=O) groups excluding carboxylic acids is 1. The Labute approximate surface area is 99.2 Å². The molecule has 2 rings (SSSR count). The van der Waals surface area contributed by atoms with Crippen molar-refractivity contribution >= 4 is 17.6 Å². The molecule has 1 N–H and O–H groups in total. The topological polar surface area (TPSA) is 57.6 Å². The number of fused-ring (bicyclic) bond motifs is 1. The van der Waals surface area contributed by atoms with Gasteiger partial charge in [0, 0.05) is 18.7 Å². The minimum atomic E-state index is -0.976. The molecular weight excluding hydrogens is 218 g/mol. The lowest BCUT2D eigenvalue weighted by Gasteiger charge is -2.16. The van der Waals surface area contributed by atoms with Crippen molar-refractivity contribution in [2.24, 2.45) is 0 Å². The molecule has 1 aliphatic rings. The average Bonchev–Trinajstić information content (AvgIpc) is 2.71. The van der Waals surface area contributed by atoms with Crippen molar-refractivity contribution in [3.05, 3.63) is 42.0 Å². The number of hydrogen-bond acceptors (Lipinski definition) is 2. The first-order valence-corrected chi connectivity index (χ1v) is 5.41. The number of amides is 1. The first kappa shape index (κ1) is 11.4. The molecular formula is C13H13NO3. The Morgan fingerprint density at radius 3 is 2.88 bits per heavy atom. The van der Waals surface area contributed by atoms with Crippen LogP contribution in [0.25, 0.3) is 0 Å². The van der Waals surface area contributed by atoms with E-state index in [0.717, 1.165) is 17.7 Å². The Balaban J connectivity index is 2.35. The first-order valence-electron chi connectivity index (χ1n) is 5.41. The van der Waals surface area contributed by atoms with Gasteiger partial charge in [-0.15, -0.1) is 6.58 Å². The fourth-order valence-electron chi connectivity index (χ4n) is 2.00. The molecule has 0 radical (unpaired) electrons. The number of nitrogens with zero attached hydrogens (tertiary/aromatic N) is 1. The van der Waals surface area contributed by atoms with E-state index < -0.39 is 5.97 Å². The predicted molar refractivity (Wildman–Crippen MR) is 64.3 cm³/mol. The third-order valence-electron chi connectivity index (χ3n) is 2.85. The molecule has 17 heavy (non-hydrogen) atoms. The van der Waals surface area contributed by atoms with E-state index in [2.05, 4.69) is 6.58 Å². The highest BCUT2D eigenvalue weighted by Gasteiger charge is 2.24. The van der Waals surface area contributed by atoms with E-state index in [-0.39, 0.29) is 17.9 Å². The molecule has 0 unspecified atom stereocenters. The number of hydrogen-bond donors (Lipinski definition) is 1. The van der Waals surface area contributed by atoms with Gasteiger partial charge in [-0.25, -0.2) is 4.79 Å². The van der Waals surface area contributed by atoms with Crippen LogP contribution in [0.1, 0.15) is 22.3 Å². The van der Waals surface area contributed by atoms with Gasteiger partial charge in [0.15, 0.2) is 0 Å². The number of carbonyl (C=O) groups is 2. The number of aromatic carboxylic acids is 1. The molecule has 0 aromatic heterocycles. The predicted octanol–water partition coefficient (Wildman–Crippen LogP) is 1.85. The van der Waals surface area contributed by atoms with E-state index in [1.165, 1.54) is 0 Å². The smallest absolute Gasteiger partial charge is 0.335 e. The lowest BCUT2D eigenvalue weighted by Crippen LogP contribution is -2.28. The summed E-state index contributed by atoms with van der Waals surface area (Å²) in [5.41, 5.74) is 1.95. The summed E-state index contributed by atoms with van der Waals surface area (Å²) in [5, 5.41) is 8.92. The summed E-state index contributed by atoms with van der Waals surface area (Å²) < 4.78 is 0. The van der Waals surface area contributed by atoms with Crippen molar-refractivity contribution in [3.8, 4) is 0 Å². The molecule has 0 aliphatic carbocycles. The second-order valence-electron chi connectivity index (χ2n) is 3.94. The molecule has 0 saturated heterocycles. The summed E-state index contributed by atoms with van der Waals surface area (Å²) in [7, 11) is 0. The Hall–Kier alpha value is -2.10. The molecule has 1 aromatic rings. The van der Waals surface area contributed by atoms with Crippen LogP contribution in [0.15, 0.2) is 30.9 Å². The SMILES string of the molecule is C=CCC(=O)N1CCc2ccc(C(=O)O)cc21. The summed E-state index contributed by atoms with van der Waals surface area (Å²) >= 11 is 0. The highest BCUT2D eigenvalue weighted by atomic mass is 16.4. The van der Waals surface area contributed by atoms with Crippen LogP contribution in [0.2, 0.25) is 0 Å². The molecule has 0 spiro atoms. The minimum Gasteiger partial charge on any atom is -0.478 e. The van der Waals surface area contributed by atoms with Gasteiger partial charge in [-0.05, 0) is 24.1 Å². The molecule has 0 bridgehead atoms. The Morgan fingerprint density at radius 1 is 1.47 bits per heavy atom. The van der Waals surface area contributed by atoms with Crippen LogP contribution >= 0.6 is 0 Å². The molecule has 0 atom stereocenters. The lowest BCUT2D eigenvalue weighted by molar-refractivity contribution is -0.117. The molecule has 4 nitrogen and oxygen atoms in total. The van der Waals surface area contributed by atoms with Crippen LogP contribution < -0.4 is 4.90 Å². The normalized spacial score (nSPS) is 13.3. The summed E-state index contributed by atoms with van der Waals surface area (Å²) in [5.74, 6) is -1.02. The Bertz CT molecular complexity index is 493. The van der Waals surface area contributed by atoms with Crippen molar-refractivity contribution in [2.75, 3.05) is 11.4 Å². The summed E-state index contributed by atoms with van der Waals surface area (Å²) in [6, 6.07) is 4.91. The van der Waals surface area contributed by atoms with Crippen LogP contribution in [0.4, 0.5) is 5.69 Å². The zero-order chi connectivity index (χ0) is 12.4. The van der Waals surface area contributed by atoms with Crippen molar-refractivity contribution in [2.45, 2.75) is 12.8 Å². The lowest BCUT2D eigenvalue weighted by atomic mass is 10.1. The maximum Gasteiger partial charge on any atom is 0.335 e. The number of carboxylic acid groups (broad SMARTS) is 1. The van der Waals surface area contributed by atoms with Crippen molar-refractivity contribution < 1.29 is 14.7 Å². The van der Waals surface area contributed by atoms with E-state index in [4.69, 9.17) is 5.11 Å². The summed E-state index contributed by atoms with van der Waals surface area (Å²) in [6.07, 6.45) is 2.61. The van der Waals surface area contributed by atoms with Crippen molar-refractivity contribution in [3.63, 3.8) is 0 Å². The second-order valence-corrected chi connectivity index (χ2v) is 3.94. The van der Waals surface area contributed by atoms with E-state index >= 15 is 0 Å². The van der Waals surface area contributed by atoms with Gasteiger partial charge in [0.2, 0.25) is 5.91 Å². The monoisotopic (exact) mass is 231 g/mol. The molecule has 0 saturated carbocycles. The van der Waals surface area contributed by atoms with Crippen LogP contribution in [-0.2, 0) is 11.2 Å². The fourth-order valence-corrected chi connectivity index (χ4v) is 2.00. The zero-order valence-electron chi connectivity index (χ0n) is 9.35. The van der Waals surface area contributed by atoms with E-state index in [9.17, 15) is 9.59 Å². The highest BCUT2D eigenvalue weighted by Crippen LogP contribution is 2.29. The fraction of sp³-hybridized carbons (Fsp3) is 0.231. The van der Waals surface area contributed by atoms with Gasteiger partial charge in [0.05, 0.1) is 5.56 Å². The zero-order valence-corrected chi connectivity index (χ0v) is 9.35. The van der Waals surface area contributed by atoms with Gasteiger partial charge in [-0.2, -0.15) is 0 Å². The van der Waals surface area contributed by atoms with Gasteiger partial charge in [-0.3, -0.25) is 4.79 Å². The van der Waals surface area contributed by atoms with Crippen molar-refractivity contribution in [1.82, 2.24) is 0 Å². The first-order chi connectivity index (χ1) is 8.13. The maximum atomic E-state index is 11.8. The number of rotatable bonds is 3. The van der Waals surface area contributed by atoms with Gasteiger partial charge < -0.3 is 10.0 Å². The van der Waals surface area contributed by atoms with Crippen molar-refractivity contribution in [1.29, 1.82) is 0 Å². The van der Waals surface area contributed by atoms with Gasteiger partial charge in [-0.1, -0.05) is 12.1 Å². The van der Waals surface area contributed by atoms with Gasteiger partial charge in [0.1, 0.15) is 0 Å². The Morgan fingerprint density at radius 2 is 2.24 bits per heavy atom. The number of carboxylic acids is 1. The van der Waals surface area contributed by atoms with E-state index in [1.807, 2.05) is 0 Å². The van der Waals surface area contributed by atoms with Gasteiger partial charge >= 0.3 is 5.97 Å². The standard InChI is InChI=1S/C13H13NO3/c1-2-3-12(15)14-7-6-9-4-5-10(13(16)17)8-11(9)14/h2,4-5,8H,1,3,6-7H2,(H,16,17). The second kappa shape index (κ2) is 4.41. The molecule has 4 heteroatoms. The minimum absolute atomic E-state index is 0.0405. The molecule has 1 heterocycles. The number of benzene rings is 1. The molecule has 0 fully saturated rings. The highest BCUT2D eigenvalue weighted by molar-refractivity contribution is 5.98. The third kappa shape index (κ3) is 2.06. The maximum absolute atomic E-state index is 11.8. The summed E-state index contributed by atoms with van der Waals surface area (Å²) in [6.45, 7) is 4.15. The third-order valence-corrected chi connectivity index (χ3v) is 2.85. The van der Waals surface area contributed by atoms with Crippen LogP contribution in [0, 0.1) is 0 Å². The summed E-state index contributed by atoms with van der Waals surface area (Å²) in [4.78, 5) is 24.3. The average molecular weight is 231 g/mol.